The largest absolute Gasteiger partial charge is 0.491 e. The van der Waals surface area contributed by atoms with Crippen molar-refractivity contribution in [3.63, 3.8) is 0 Å². The predicted molar refractivity (Wildman–Crippen MR) is 81.3 cm³/mol. The number of carbonyl (C=O) groups is 1. The van der Waals surface area contributed by atoms with Crippen LogP contribution < -0.4 is 10.1 Å². The minimum absolute atomic E-state index is 0.0739. The van der Waals surface area contributed by atoms with Gasteiger partial charge in [0.2, 0.25) is 0 Å². The number of rotatable bonds is 6. The molecule has 0 unspecified atom stereocenters. The summed E-state index contributed by atoms with van der Waals surface area (Å²) in [4.78, 5) is 12.1. The Morgan fingerprint density at radius 1 is 1.27 bits per heavy atom. The minimum atomic E-state index is -0.334. The standard InChI is InChI=1S/C17H18FNO3/c1-12-10-13(6-7-15(12)18)17(21)19-11-14-4-2-3-5-16(14)22-9-8-20/h2-7,10,20H,8-9,11H2,1H3,(H,19,21). The van der Waals surface area contributed by atoms with E-state index >= 15 is 0 Å². The lowest BCUT2D eigenvalue weighted by atomic mass is 10.1. The minimum Gasteiger partial charge on any atom is -0.491 e. The van der Waals surface area contributed by atoms with Crippen LogP contribution in [-0.4, -0.2) is 24.2 Å². The van der Waals surface area contributed by atoms with E-state index in [4.69, 9.17) is 9.84 Å². The molecule has 2 rings (SSSR count). The number of hydrogen-bond donors (Lipinski definition) is 2. The van der Waals surface area contributed by atoms with Crippen molar-refractivity contribution in [2.24, 2.45) is 0 Å². The first kappa shape index (κ1) is 16.0. The molecule has 2 aromatic carbocycles. The van der Waals surface area contributed by atoms with E-state index in [1.165, 1.54) is 18.2 Å². The lowest BCUT2D eigenvalue weighted by Gasteiger charge is -2.11. The first-order chi connectivity index (χ1) is 10.6. The highest BCUT2D eigenvalue weighted by Crippen LogP contribution is 2.18. The van der Waals surface area contributed by atoms with Gasteiger partial charge in [0.25, 0.3) is 5.91 Å². The van der Waals surface area contributed by atoms with Crippen molar-refractivity contribution >= 4 is 5.91 Å². The van der Waals surface area contributed by atoms with Crippen molar-refractivity contribution in [2.75, 3.05) is 13.2 Å². The Hall–Kier alpha value is -2.40. The zero-order chi connectivity index (χ0) is 15.9. The van der Waals surface area contributed by atoms with Gasteiger partial charge < -0.3 is 15.2 Å². The fourth-order valence-corrected chi connectivity index (χ4v) is 2.01. The molecule has 0 spiro atoms. The van der Waals surface area contributed by atoms with Crippen LogP contribution in [0, 0.1) is 12.7 Å². The van der Waals surface area contributed by atoms with Crippen LogP contribution in [0.15, 0.2) is 42.5 Å². The average molecular weight is 303 g/mol. The molecule has 0 bridgehead atoms. The van der Waals surface area contributed by atoms with Crippen LogP contribution in [-0.2, 0) is 6.54 Å². The molecule has 0 heterocycles. The SMILES string of the molecule is Cc1cc(C(=O)NCc2ccccc2OCCO)ccc1F. The molecule has 0 saturated carbocycles. The molecule has 5 heteroatoms. The molecule has 4 nitrogen and oxygen atoms in total. The first-order valence-corrected chi connectivity index (χ1v) is 6.97. The van der Waals surface area contributed by atoms with Crippen LogP contribution in [0.5, 0.6) is 5.75 Å². The maximum atomic E-state index is 13.2. The van der Waals surface area contributed by atoms with Crippen LogP contribution in [0.4, 0.5) is 4.39 Å². The topological polar surface area (TPSA) is 58.6 Å². The average Bonchev–Trinajstić information content (AvgIpc) is 2.54. The molecule has 2 aromatic rings. The summed E-state index contributed by atoms with van der Waals surface area (Å²) < 4.78 is 18.6. The van der Waals surface area contributed by atoms with Crippen molar-refractivity contribution in [1.82, 2.24) is 5.32 Å². The molecular formula is C17H18FNO3. The summed E-state index contributed by atoms with van der Waals surface area (Å²) in [6.07, 6.45) is 0. The highest BCUT2D eigenvalue weighted by Gasteiger charge is 2.09. The Balaban J connectivity index is 2.03. The van der Waals surface area contributed by atoms with E-state index in [9.17, 15) is 9.18 Å². The third-order valence-electron chi connectivity index (χ3n) is 3.18. The zero-order valence-electron chi connectivity index (χ0n) is 12.3. The van der Waals surface area contributed by atoms with Crippen molar-refractivity contribution in [3.8, 4) is 5.75 Å². The number of aliphatic hydroxyl groups is 1. The van der Waals surface area contributed by atoms with Gasteiger partial charge in [-0.25, -0.2) is 4.39 Å². The number of nitrogens with one attached hydrogen (secondary N) is 1. The molecule has 22 heavy (non-hydrogen) atoms. The van der Waals surface area contributed by atoms with Gasteiger partial charge in [-0.2, -0.15) is 0 Å². The Bertz CT molecular complexity index is 658. The summed E-state index contributed by atoms with van der Waals surface area (Å²) in [6.45, 7) is 2.03. The number of para-hydroxylation sites is 1. The Morgan fingerprint density at radius 2 is 2.05 bits per heavy atom. The molecular weight excluding hydrogens is 285 g/mol. The molecule has 0 aliphatic carbocycles. The summed E-state index contributed by atoms with van der Waals surface area (Å²) in [5.74, 6) is 0.00602. The molecule has 0 fully saturated rings. The normalized spacial score (nSPS) is 10.3. The Morgan fingerprint density at radius 3 is 2.77 bits per heavy atom. The number of benzene rings is 2. The van der Waals surface area contributed by atoms with E-state index in [-0.39, 0.29) is 31.5 Å². The van der Waals surface area contributed by atoms with E-state index in [0.29, 0.717) is 16.9 Å². The zero-order valence-corrected chi connectivity index (χ0v) is 12.3. The molecule has 1 amide bonds. The van der Waals surface area contributed by atoms with E-state index < -0.39 is 0 Å². The number of carbonyl (C=O) groups excluding carboxylic acids is 1. The molecule has 0 radical (unpaired) electrons. The monoisotopic (exact) mass is 303 g/mol. The summed E-state index contributed by atoms with van der Waals surface area (Å²) in [5, 5.41) is 11.6. The number of halogens is 1. The molecule has 2 N–H and O–H groups in total. The van der Waals surface area contributed by atoms with Crippen molar-refractivity contribution < 1.29 is 19.0 Å². The predicted octanol–water partition coefficient (Wildman–Crippen LogP) is 2.44. The quantitative estimate of drug-likeness (QED) is 0.861. The highest BCUT2D eigenvalue weighted by molar-refractivity contribution is 5.94. The van der Waals surface area contributed by atoms with E-state index in [1.54, 1.807) is 13.0 Å². The summed E-state index contributed by atoms with van der Waals surface area (Å²) in [6, 6.07) is 11.5. The van der Waals surface area contributed by atoms with Gasteiger partial charge in [0.15, 0.2) is 0 Å². The van der Waals surface area contributed by atoms with Gasteiger partial charge in [-0.15, -0.1) is 0 Å². The van der Waals surface area contributed by atoms with E-state index in [2.05, 4.69) is 5.32 Å². The number of aliphatic hydroxyl groups excluding tert-OH is 1. The van der Waals surface area contributed by atoms with Crippen molar-refractivity contribution in [1.29, 1.82) is 0 Å². The van der Waals surface area contributed by atoms with E-state index in [1.807, 2.05) is 18.2 Å². The summed E-state index contributed by atoms with van der Waals surface area (Å²) in [5.41, 5.74) is 1.65. The molecule has 0 aliphatic heterocycles. The van der Waals surface area contributed by atoms with E-state index in [0.717, 1.165) is 5.56 Å². The van der Waals surface area contributed by atoms with Crippen molar-refractivity contribution in [3.05, 3.63) is 65.0 Å². The number of hydrogen-bond acceptors (Lipinski definition) is 3. The van der Waals surface area contributed by atoms with Crippen LogP contribution in [0.3, 0.4) is 0 Å². The van der Waals surface area contributed by atoms with Gasteiger partial charge in [0, 0.05) is 17.7 Å². The summed E-state index contributed by atoms with van der Waals surface area (Å²) in [7, 11) is 0. The van der Waals surface area contributed by atoms with Crippen LogP contribution in [0.1, 0.15) is 21.5 Å². The second kappa shape index (κ2) is 7.56. The van der Waals surface area contributed by atoms with Gasteiger partial charge >= 0.3 is 0 Å². The van der Waals surface area contributed by atoms with Crippen LogP contribution in [0.25, 0.3) is 0 Å². The molecule has 0 saturated heterocycles. The smallest absolute Gasteiger partial charge is 0.251 e. The fourth-order valence-electron chi connectivity index (χ4n) is 2.01. The lowest BCUT2D eigenvalue weighted by Crippen LogP contribution is -2.23. The second-order valence-electron chi connectivity index (χ2n) is 4.83. The Kier molecular flexibility index (Phi) is 5.49. The maximum absolute atomic E-state index is 13.2. The summed E-state index contributed by atoms with van der Waals surface area (Å²) >= 11 is 0. The van der Waals surface area contributed by atoms with Gasteiger partial charge in [-0.1, -0.05) is 18.2 Å². The molecule has 0 aliphatic rings. The molecule has 0 atom stereocenters. The van der Waals surface area contributed by atoms with Crippen LogP contribution >= 0.6 is 0 Å². The van der Waals surface area contributed by atoms with Crippen molar-refractivity contribution in [2.45, 2.75) is 13.5 Å². The van der Waals surface area contributed by atoms with Gasteiger partial charge in [0.05, 0.1) is 6.61 Å². The van der Waals surface area contributed by atoms with Gasteiger partial charge in [0.1, 0.15) is 18.2 Å². The fraction of sp³-hybridized carbons (Fsp3) is 0.235. The number of amides is 1. The first-order valence-electron chi connectivity index (χ1n) is 6.97. The molecule has 116 valence electrons. The number of ether oxygens (including phenoxy) is 1. The molecule has 0 aromatic heterocycles. The van der Waals surface area contributed by atoms with Crippen LogP contribution in [0.2, 0.25) is 0 Å². The Labute approximate surface area is 128 Å². The maximum Gasteiger partial charge on any atom is 0.251 e. The van der Waals surface area contributed by atoms with Gasteiger partial charge in [-0.05, 0) is 36.8 Å². The highest BCUT2D eigenvalue weighted by atomic mass is 19.1. The number of aryl methyl sites for hydroxylation is 1. The third-order valence-corrected chi connectivity index (χ3v) is 3.18. The third kappa shape index (κ3) is 4.05. The van der Waals surface area contributed by atoms with Gasteiger partial charge in [-0.3, -0.25) is 4.79 Å². The lowest BCUT2D eigenvalue weighted by molar-refractivity contribution is 0.0950. The second-order valence-corrected chi connectivity index (χ2v) is 4.83.